The van der Waals surface area contributed by atoms with Crippen LogP contribution in [0.5, 0.6) is 0 Å². The van der Waals surface area contributed by atoms with Crippen molar-refractivity contribution in [2.45, 2.75) is 6.92 Å². The van der Waals surface area contributed by atoms with Gasteiger partial charge in [-0.3, -0.25) is 0 Å². The maximum Gasteiger partial charge on any atom is 0.230 e. The molecule has 0 fully saturated rings. The highest BCUT2D eigenvalue weighted by Gasteiger charge is 2.10. The molecule has 1 rings (SSSR count). The van der Waals surface area contributed by atoms with E-state index in [2.05, 4.69) is 4.72 Å². The highest BCUT2D eigenvalue weighted by molar-refractivity contribution is 7.89. The largest absolute Gasteiger partial charge is 0.338 e. The fourth-order valence-corrected chi connectivity index (χ4v) is 2.14. The van der Waals surface area contributed by atoms with Gasteiger partial charge in [-0.2, -0.15) is 0 Å². The lowest BCUT2D eigenvalue weighted by Crippen LogP contribution is -2.31. The van der Waals surface area contributed by atoms with Gasteiger partial charge in [0.1, 0.15) is 5.88 Å². The molecule has 0 saturated heterocycles. The maximum absolute atomic E-state index is 11.4. The number of nitrogens with zero attached hydrogens (tertiary/aromatic N) is 1. The van der Waals surface area contributed by atoms with Crippen molar-refractivity contribution in [1.82, 2.24) is 9.62 Å². The van der Waals surface area contributed by atoms with E-state index in [9.17, 15) is 8.42 Å². The summed E-state index contributed by atoms with van der Waals surface area (Å²) in [6.07, 6.45) is 10.7. The van der Waals surface area contributed by atoms with Crippen LogP contribution in [-0.2, 0) is 10.0 Å². The smallest absolute Gasteiger partial charge is 0.230 e. The molecule has 1 aliphatic rings. The number of allylic oxidation sites excluding steroid dienone is 4. The van der Waals surface area contributed by atoms with Crippen LogP contribution in [0.2, 0.25) is 0 Å². The minimum atomic E-state index is -3.20. The van der Waals surface area contributed by atoms with Gasteiger partial charge in [0.15, 0.2) is 0 Å². The molecule has 0 aliphatic carbocycles. The van der Waals surface area contributed by atoms with Gasteiger partial charge in [0.2, 0.25) is 10.0 Å². The summed E-state index contributed by atoms with van der Waals surface area (Å²) >= 11 is 0. The van der Waals surface area contributed by atoms with E-state index in [4.69, 9.17) is 0 Å². The van der Waals surface area contributed by atoms with E-state index in [1.54, 1.807) is 36.4 Å². The predicted molar refractivity (Wildman–Crippen MR) is 56.7 cm³/mol. The van der Waals surface area contributed by atoms with Crippen LogP contribution >= 0.6 is 0 Å². The number of hydrogen-bond acceptors (Lipinski definition) is 3. The van der Waals surface area contributed by atoms with E-state index in [-0.39, 0.29) is 5.88 Å². The summed E-state index contributed by atoms with van der Waals surface area (Å²) in [4.78, 5) is 1.61. The molecule has 0 atom stereocenters. The minimum Gasteiger partial charge on any atom is -0.338 e. The fraction of sp³-hybridized carbons (Fsp3) is 0.333. The molecule has 0 aromatic heterocycles. The Balaban J connectivity index is 2.60. The van der Waals surface area contributed by atoms with Crippen LogP contribution in [0.3, 0.4) is 0 Å². The molecule has 5 heteroatoms. The van der Waals surface area contributed by atoms with Crippen molar-refractivity contribution in [3.8, 4) is 0 Å². The summed E-state index contributed by atoms with van der Waals surface area (Å²) in [5, 5.41) is 0. The zero-order chi connectivity index (χ0) is 10.4. The summed E-state index contributed by atoms with van der Waals surface area (Å²) in [5.74, 6) is -0.0461. The molecule has 0 saturated carbocycles. The molecule has 1 N–H and O–H groups in total. The molecule has 14 heavy (non-hydrogen) atoms. The van der Waals surface area contributed by atoms with Gasteiger partial charge in [-0.05, 0) is 12.2 Å². The van der Waals surface area contributed by atoms with Gasteiger partial charge in [-0.1, -0.05) is 19.1 Å². The molecule has 0 amide bonds. The lowest BCUT2D eigenvalue weighted by Gasteiger charge is -2.14. The molecular weight excluding hydrogens is 200 g/mol. The van der Waals surface area contributed by atoms with Crippen molar-refractivity contribution in [2.75, 3.05) is 12.4 Å². The van der Waals surface area contributed by atoms with Gasteiger partial charge in [-0.25, -0.2) is 13.1 Å². The molecule has 1 aliphatic heterocycles. The van der Waals surface area contributed by atoms with Gasteiger partial charge >= 0.3 is 0 Å². The quantitative estimate of drug-likeness (QED) is 0.752. The van der Waals surface area contributed by atoms with E-state index >= 15 is 0 Å². The SMILES string of the molecule is CCNS(=O)(=O)CN1C=CC=CC=C1. The predicted octanol–water partition coefficient (Wildman–Crippen LogP) is 0.782. The summed E-state index contributed by atoms with van der Waals surface area (Å²) in [6, 6.07) is 0. The second kappa shape index (κ2) is 4.97. The average Bonchev–Trinajstić information content (AvgIpc) is 2.31. The third-order valence-corrected chi connectivity index (χ3v) is 2.94. The summed E-state index contributed by atoms with van der Waals surface area (Å²) in [5.41, 5.74) is 0. The summed E-state index contributed by atoms with van der Waals surface area (Å²) in [6.45, 7) is 2.18. The Morgan fingerprint density at radius 2 is 1.71 bits per heavy atom. The van der Waals surface area contributed by atoms with Crippen LogP contribution in [0.1, 0.15) is 6.92 Å². The molecule has 78 valence electrons. The molecule has 0 radical (unpaired) electrons. The fourth-order valence-electron chi connectivity index (χ4n) is 1.05. The first-order chi connectivity index (χ1) is 6.64. The molecular formula is C9H14N2O2S. The highest BCUT2D eigenvalue weighted by atomic mass is 32.2. The van der Waals surface area contributed by atoms with Gasteiger partial charge in [0, 0.05) is 18.9 Å². The first-order valence-corrected chi connectivity index (χ1v) is 6.04. The van der Waals surface area contributed by atoms with Crippen LogP contribution in [-0.4, -0.2) is 25.7 Å². The zero-order valence-electron chi connectivity index (χ0n) is 8.05. The number of sulfonamides is 1. The van der Waals surface area contributed by atoms with Crippen LogP contribution < -0.4 is 4.72 Å². The lowest BCUT2D eigenvalue weighted by molar-refractivity contribution is 0.531. The second-order valence-corrected chi connectivity index (χ2v) is 4.60. The Morgan fingerprint density at radius 1 is 1.14 bits per heavy atom. The second-order valence-electron chi connectivity index (χ2n) is 2.82. The van der Waals surface area contributed by atoms with Crippen LogP contribution in [0.25, 0.3) is 0 Å². The molecule has 0 bridgehead atoms. The number of rotatable bonds is 4. The van der Waals surface area contributed by atoms with Crippen molar-refractivity contribution in [1.29, 1.82) is 0 Å². The lowest BCUT2D eigenvalue weighted by atomic mass is 10.5. The van der Waals surface area contributed by atoms with Crippen LogP contribution in [0, 0.1) is 0 Å². The van der Waals surface area contributed by atoms with Crippen molar-refractivity contribution in [2.24, 2.45) is 0 Å². The van der Waals surface area contributed by atoms with Crippen LogP contribution in [0.4, 0.5) is 0 Å². The van der Waals surface area contributed by atoms with Crippen molar-refractivity contribution < 1.29 is 8.42 Å². The molecule has 4 nitrogen and oxygen atoms in total. The van der Waals surface area contributed by atoms with E-state index in [1.165, 1.54) is 0 Å². The van der Waals surface area contributed by atoms with Crippen molar-refractivity contribution in [3.63, 3.8) is 0 Å². The van der Waals surface area contributed by atoms with Crippen molar-refractivity contribution >= 4 is 10.0 Å². The van der Waals surface area contributed by atoms with E-state index in [0.29, 0.717) is 6.54 Å². The third kappa shape index (κ3) is 3.76. The Morgan fingerprint density at radius 3 is 2.21 bits per heavy atom. The average molecular weight is 214 g/mol. The number of nitrogens with one attached hydrogen (secondary N) is 1. The van der Waals surface area contributed by atoms with E-state index in [0.717, 1.165) is 0 Å². The van der Waals surface area contributed by atoms with E-state index < -0.39 is 10.0 Å². The van der Waals surface area contributed by atoms with Crippen molar-refractivity contribution in [3.05, 3.63) is 36.7 Å². The monoisotopic (exact) mass is 214 g/mol. The molecule has 0 aromatic rings. The van der Waals surface area contributed by atoms with E-state index in [1.807, 2.05) is 12.2 Å². The van der Waals surface area contributed by atoms with Gasteiger partial charge in [0.05, 0.1) is 0 Å². The third-order valence-electron chi connectivity index (χ3n) is 1.57. The standard InChI is InChI=1S/C9H14N2O2S/c1-2-10-14(12,13)9-11-7-5-3-4-6-8-11/h3-8,10H,2,9H2,1H3. The summed E-state index contributed by atoms with van der Waals surface area (Å²) < 4.78 is 25.2. The normalized spacial score (nSPS) is 15.9. The highest BCUT2D eigenvalue weighted by Crippen LogP contribution is 2.00. The first-order valence-electron chi connectivity index (χ1n) is 4.39. The van der Waals surface area contributed by atoms with Gasteiger partial charge in [-0.15, -0.1) is 0 Å². The number of hydrogen-bond donors (Lipinski definition) is 1. The Kier molecular flexibility index (Phi) is 3.91. The Labute approximate surface area is 84.7 Å². The Bertz CT molecular complexity index is 339. The van der Waals surface area contributed by atoms with Crippen LogP contribution in [0.15, 0.2) is 36.7 Å². The Hall–Kier alpha value is -1.07. The zero-order valence-corrected chi connectivity index (χ0v) is 8.87. The molecule has 0 aromatic carbocycles. The minimum absolute atomic E-state index is 0.0461. The van der Waals surface area contributed by atoms with Gasteiger partial charge in [0.25, 0.3) is 0 Å². The first kappa shape index (κ1) is 11.0. The molecule has 1 heterocycles. The molecule has 0 spiro atoms. The topological polar surface area (TPSA) is 49.4 Å². The van der Waals surface area contributed by atoms with Gasteiger partial charge < -0.3 is 4.90 Å². The molecule has 0 unspecified atom stereocenters. The summed E-state index contributed by atoms with van der Waals surface area (Å²) in [7, 11) is -3.20. The maximum atomic E-state index is 11.4.